The second-order valence-corrected chi connectivity index (χ2v) is 4.90. The Morgan fingerprint density at radius 2 is 2.33 bits per heavy atom. The molecule has 0 aliphatic carbocycles. The van der Waals surface area contributed by atoms with Crippen molar-refractivity contribution < 1.29 is 4.74 Å². The van der Waals surface area contributed by atoms with Crippen molar-refractivity contribution in [3.8, 4) is 0 Å². The SMILES string of the molecule is C[C@@H](NC(=S)NC[C@H]1CCCO1)c1ccncc1. The second kappa shape index (κ2) is 6.66. The minimum Gasteiger partial charge on any atom is -0.376 e. The number of rotatable bonds is 4. The van der Waals surface area contributed by atoms with Crippen molar-refractivity contribution in [3.63, 3.8) is 0 Å². The summed E-state index contributed by atoms with van der Waals surface area (Å²) in [5.41, 5.74) is 1.17. The van der Waals surface area contributed by atoms with E-state index in [9.17, 15) is 0 Å². The minimum atomic E-state index is 0.178. The number of nitrogens with one attached hydrogen (secondary N) is 2. The molecule has 1 saturated heterocycles. The normalized spacial score (nSPS) is 20.4. The maximum atomic E-state index is 5.53. The average Bonchev–Trinajstić information content (AvgIpc) is 2.90. The van der Waals surface area contributed by atoms with Gasteiger partial charge in [0.25, 0.3) is 0 Å². The molecule has 0 radical (unpaired) electrons. The summed E-state index contributed by atoms with van der Waals surface area (Å²) >= 11 is 5.27. The standard InChI is InChI=1S/C13H19N3OS/c1-10(11-4-6-14-7-5-11)16-13(18)15-9-12-3-2-8-17-12/h4-7,10,12H,2-3,8-9H2,1H3,(H2,15,16,18)/t10-,12-/m1/s1. The van der Waals surface area contributed by atoms with Crippen molar-refractivity contribution in [1.82, 2.24) is 15.6 Å². The number of hydrogen-bond acceptors (Lipinski definition) is 3. The molecule has 2 atom stereocenters. The Labute approximate surface area is 113 Å². The first-order valence-electron chi connectivity index (χ1n) is 6.31. The Morgan fingerprint density at radius 3 is 3.00 bits per heavy atom. The van der Waals surface area contributed by atoms with Gasteiger partial charge in [0, 0.05) is 25.5 Å². The molecule has 0 spiro atoms. The second-order valence-electron chi connectivity index (χ2n) is 4.49. The highest BCUT2D eigenvalue weighted by Gasteiger charge is 2.15. The van der Waals surface area contributed by atoms with E-state index in [1.807, 2.05) is 12.1 Å². The van der Waals surface area contributed by atoms with Crippen molar-refractivity contribution in [2.75, 3.05) is 13.2 Å². The maximum absolute atomic E-state index is 5.53. The quantitative estimate of drug-likeness (QED) is 0.813. The van der Waals surface area contributed by atoms with Gasteiger partial charge < -0.3 is 15.4 Å². The van der Waals surface area contributed by atoms with E-state index in [1.165, 1.54) is 5.56 Å². The van der Waals surface area contributed by atoms with E-state index >= 15 is 0 Å². The minimum absolute atomic E-state index is 0.178. The van der Waals surface area contributed by atoms with Gasteiger partial charge in [-0.3, -0.25) is 4.98 Å². The predicted molar refractivity (Wildman–Crippen MR) is 75.4 cm³/mol. The summed E-state index contributed by atoms with van der Waals surface area (Å²) in [7, 11) is 0. The molecule has 1 aliphatic rings. The Morgan fingerprint density at radius 1 is 1.56 bits per heavy atom. The number of nitrogens with zero attached hydrogens (tertiary/aromatic N) is 1. The van der Waals surface area contributed by atoms with Crippen LogP contribution in [0.5, 0.6) is 0 Å². The molecule has 4 nitrogen and oxygen atoms in total. The molecule has 2 rings (SSSR count). The molecule has 2 N–H and O–H groups in total. The lowest BCUT2D eigenvalue weighted by molar-refractivity contribution is 0.114. The zero-order valence-electron chi connectivity index (χ0n) is 10.6. The van der Waals surface area contributed by atoms with Crippen LogP contribution in [0.1, 0.15) is 31.4 Å². The summed E-state index contributed by atoms with van der Waals surface area (Å²) in [4.78, 5) is 4.00. The van der Waals surface area contributed by atoms with Gasteiger partial charge in [0.1, 0.15) is 0 Å². The van der Waals surface area contributed by atoms with Crippen LogP contribution in [0.4, 0.5) is 0 Å². The van der Waals surface area contributed by atoms with E-state index in [1.54, 1.807) is 12.4 Å². The van der Waals surface area contributed by atoms with Crippen LogP contribution in [0.25, 0.3) is 0 Å². The van der Waals surface area contributed by atoms with Gasteiger partial charge in [-0.15, -0.1) is 0 Å². The summed E-state index contributed by atoms with van der Waals surface area (Å²) in [6.07, 6.45) is 6.16. The van der Waals surface area contributed by atoms with Crippen LogP contribution < -0.4 is 10.6 Å². The van der Waals surface area contributed by atoms with Gasteiger partial charge in [-0.1, -0.05) is 0 Å². The van der Waals surface area contributed by atoms with E-state index in [4.69, 9.17) is 17.0 Å². The van der Waals surface area contributed by atoms with Crippen molar-refractivity contribution in [1.29, 1.82) is 0 Å². The van der Waals surface area contributed by atoms with Gasteiger partial charge in [0.15, 0.2) is 5.11 Å². The Bertz CT molecular complexity index is 379. The summed E-state index contributed by atoms with van der Waals surface area (Å²) in [5.74, 6) is 0. The molecule has 18 heavy (non-hydrogen) atoms. The number of pyridine rings is 1. The molecule has 0 amide bonds. The van der Waals surface area contributed by atoms with Crippen LogP contribution >= 0.6 is 12.2 Å². The molecule has 1 aliphatic heterocycles. The third kappa shape index (κ3) is 3.92. The van der Waals surface area contributed by atoms with Crippen molar-refractivity contribution in [2.24, 2.45) is 0 Å². The Hall–Kier alpha value is -1.20. The van der Waals surface area contributed by atoms with Crippen LogP contribution in [0.15, 0.2) is 24.5 Å². The van der Waals surface area contributed by atoms with Gasteiger partial charge >= 0.3 is 0 Å². The maximum Gasteiger partial charge on any atom is 0.166 e. The van der Waals surface area contributed by atoms with Gasteiger partial charge in [0.05, 0.1) is 12.1 Å². The first-order chi connectivity index (χ1) is 8.75. The third-order valence-electron chi connectivity index (χ3n) is 3.07. The van der Waals surface area contributed by atoms with Gasteiger partial charge in [-0.2, -0.15) is 0 Å². The number of ether oxygens (including phenoxy) is 1. The number of thiocarbonyl (C=S) groups is 1. The largest absolute Gasteiger partial charge is 0.376 e. The van der Waals surface area contributed by atoms with Gasteiger partial charge in [-0.25, -0.2) is 0 Å². The Balaban J connectivity index is 1.73. The summed E-state index contributed by atoms with van der Waals surface area (Å²) in [5, 5.41) is 7.14. The molecule has 1 fully saturated rings. The molecule has 0 unspecified atom stereocenters. The highest BCUT2D eigenvalue weighted by Crippen LogP contribution is 2.11. The first kappa shape index (κ1) is 13.2. The summed E-state index contributed by atoms with van der Waals surface area (Å²) < 4.78 is 5.53. The molecule has 0 aromatic carbocycles. The fraction of sp³-hybridized carbons (Fsp3) is 0.538. The average molecular weight is 265 g/mol. The van der Waals surface area contributed by atoms with Gasteiger partial charge in [-0.05, 0) is 49.7 Å². The van der Waals surface area contributed by atoms with Crippen molar-refractivity contribution >= 4 is 17.3 Å². The van der Waals surface area contributed by atoms with Crippen molar-refractivity contribution in [3.05, 3.63) is 30.1 Å². The van der Waals surface area contributed by atoms with Gasteiger partial charge in [0.2, 0.25) is 0 Å². The zero-order chi connectivity index (χ0) is 12.8. The topological polar surface area (TPSA) is 46.2 Å². The van der Waals surface area contributed by atoms with E-state index < -0.39 is 0 Å². The Kier molecular flexibility index (Phi) is 4.90. The van der Waals surface area contributed by atoms with E-state index in [0.717, 1.165) is 26.0 Å². The monoisotopic (exact) mass is 265 g/mol. The molecular formula is C13H19N3OS. The molecule has 0 saturated carbocycles. The fourth-order valence-electron chi connectivity index (χ4n) is 1.99. The summed E-state index contributed by atoms with van der Waals surface area (Å²) in [6.45, 7) is 3.74. The van der Waals surface area contributed by atoms with E-state index in [-0.39, 0.29) is 6.04 Å². The van der Waals surface area contributed by atoms with Crippen molar-refractivity contribution in [2.45, 2.75) is 31.9 Å². The van der Waals surface area contributed by atoms with E-state index in [0.29, 0.717) is 11.2 Å². The molecular weight excluding hydrogens is 246 g/mol. The number of aromatic nitrogens is 1. The molecule has 1 aromatic heterocycles. The van der Waals surface area contributed by atoms with E-state index in [2.05, 4.69) is 22.5 Å². The molecule has 2 heterocycles. The highest BCUT2D eigenvalue weighted by atomic mass is 32.1. The zero-order valence-corrected chi connectivity index (χ0v) is 11.4. The lowest BCUT2D eigenvalue weighted by Crippen LogP contribution is -2.40. The lowest BCUT2D eigenvalue weighted by atomic mass is 10.1. The molecule has 1 aromatic rings. The smallest absolute Gasteiger partial charge is 0.166 e. The van der Waals surface area contributed by atoms with Crippen LogP contribution in [0.3, 0.4) is 0 Å². The number of hydrogen-bond donors (Lipinski definition) is 2. The van der Waals surface area contributed by atoms with Crippen LogP contribution in [-0.4, -0.2) is 29.4 Å². The predicted octanol–water partition coefficient (Wildman–Crippen LogP) is 1.79. The molecule has 0 bridgehead atoms. The lowest BCUT2D eigenvalue weighted by Gasteiger charge is -2.18. The van der Waals surface area contributed by atoms with Crippen LogP contribution in [0, 0.1) is 0 Å². The summed E-state index contributed by atoms with van der Waals surface area (Å²) in [6, 6.07) is 4.15. The fourth-order valence-corrected chi connectivity index (χ4v) is 2.26. The third-order valence-corrected chi connectivity index (χ3v) is 3.33. The van der Waals surface area contributed by atoms with Crippen LogP contribution in [-0.2, 0) is 4.74 Å². The highest BCUT2D eigenvalue weighted by molar-refractivity contribution is 7.80. The molecule has 5 heteroatoms. The van der Waals surface area contributed by atoms with Crippen LogP contribution in [0.2, 0.25) is 0 Å². The molecule has 98 valence electrons. The first-order valence-corrected chi connectivity index (χ1v) is 6.72.